The molecule has 2 atom stereocenters. The molecule has 0 bridgehead atoms. The van der Waals surface area contributed by atoms with Gasteiger partial charge in [-0.3, -0.25) is 24.5 Å². The quantitative estimate of drug-likeness (QED) is 0.368. The smallest absolute Gasteiger partial charge is 0.369 e. The van der Waals surface area contributed by atoms with Crippen LogP contribution in [-0.4, -0.2) is 37.5 Å². The van der Waals surface area contributed by atoms with Crippen LogP contribution in [0, 0.1) is 11.8 Å². The normalized spacial score (nSPS) is 20.9. The van der Waals surface area contributed by atoms with Gasteiger partial charge in [0.05, 0.1) is 41.6 Å². The van der Waals surface area contributed by atoms with Crippen LogP contribution in [0.2, 0.25) is 0 Å². The first kappa shape index (κ1) is 28.8. The summed E-state index contributed by atoms with van der Waals surface area (Å²) in [6.45, 7) is 4.05. The number of halogens is 3. The Labute approximate surface area is 247 Å². The molecule has 2 N–H and O–H groups in total. The van der Waals surface area contributed by atoms with Crippen LogP contribution in [0.5, 0.6) is 0 Å². The number of carbonyl (C=O) groups is 2. The van der Waals surface area contributed by atoms with Crippen molar-refractivity contribution in [3.8, 4) is 0 Å². The van der Waals surface area contributed by atoms with Crippen molar-refractivity contribution >= 4 is 17.8 Å². The van der Waals surface area contributed by atoms with Gasteiger partial charge in [0.25, 0.3) is 11.8 Å². The number of hydrogen-bond donors (Lipinski definition) is 1. The maximum Gasteiger partial charge on any atom is 0.417 e. The number of nitrogens with zero attached hydrogens (tertiary/aromatic N) is 5. The minimum Gasteiger partial charge on any atom is -0.369 e. The van der Waals surface area contributed by atoms with Gasteiger partial charge in [0.1, 0.15) is 0 Å². The first-order valence-corrected chi connectivity index (χ1v) is 14.5. The molecule has 1 saturated carbocycles. The van der Waals surface area contributed by atoms with Crippen molar-refractivity contribution in [3.05, 3.63) is 94.6 Å². The van der Waals surface area contributed by atoms with Gasteiger partial charge in [-0.1, -0.05) is 63.1 Å². The van der Waals surface area contributed by atoms with E-state index in [0.717, 1.165) is 24.5 Å². The van der Waals surface area contributed by atoms with Crippen LogP contribution in [0.4, 0.5) is 13.2 Å². The van der Waals surface area contributed by atoms with Gasteiger partial charge in [-0.15, -0.1) is 0 Å². The van der Waals surface area contributed by atoms with Gasteiger partial charge in [0, 0.05) is 12.4 Å². The number of amides is 2. The van der Waals surface area contributed by atoms with Crippen LogP contribution in [0.25, 0.3) is 0 Å². The Morgan fingerprint density at radius 3 is 2.28 bits per heavy atom. The molecule has 43 heavy (non-hydrogen) atoms. The zero-order chi connectivity index (χ0) is 30.5. The average molecular weight is 591 g/mol. The van der Waals surface area contributed by atoms with Crippen molar-refractivity contribution in [2.45, 2.75) is 70.4 Å². The maximum atomic E-state index is 14.4. The Morgan fingerprint density at radius 2 is 1.70 bits per heavy atom. The van der Waals surface area contributed by atoms with Gasteiger partial charge in [-0.25, -0.2) is 4.99 Å². The monoisotopic (exact) mass is 590 g/mol. The van der Waals surface area contributed by atoms with Gasteiger partial charge >= 0.3 is 6.18 Å². The van der Waals surface area contributed by atoms with Crippen molar-refractivity contribution in [1.82, 2.24) is 19.8 Å². The number of hydrogen-bond acceptors (Lipinski definition) is 6. The summed E-state index contributed by atoms with van der Waals surface area (Å²) in [6, 6.07) is 12.1. The second-order valence-corrected chi connectivity index (χ2v) is 12.1. The number of guanidine groups is 1. The van der Waals surface area contributed by atoms with Crippen LogP contribution in [0.1, 0.15) is 84.0 Å². The maximum absolute atomic E-state index is 14.4. The van der Waals surface area contributed by atoms with E-state index >= 15 is 0 Å². The highest BCUT2D eigenvalue weighted by molar-refractivity contribution is 6.07. The molecule has 11 heteroatoms. The van der Waals surface area contributed by atoms with E-state index in [1.807, 2.05) is 44.2 Å². The molecule has 2 unspecified atom stereocenters. The van der Waals surface area contributed by atoms with Crippen LogP contribution >= 0.6 is 0 Å². The first-order chi connectivity index (χ1) is 20.5. The van der Waals surface area contributed by atoms with Gasteiger partial charge in [-0.2, -0.15) is 13.2 Å². The third kappa shape index (κ3) is 5.36. The predicted octanol–water partition coefficient (Wildman–Crippen LogP) is 5.59. The van der Waals surface area contributed by atoms with Crippen molar-refractivity contribution < 1.29 is 22.8 Å². The number of aromatic nitrogens is 2. The molecule has 6 rings (SSSR count). The summed E-state index contributed by atoms with van der Waals surface area (Å²) >= 11 is 0. The molecule has 1 aromatic heterocycles. The summed E-state index contributed by atoms with van der Waals surface area (Å²) in [6.07, 6.45) is 1.13. The summed E-state index contributed by atoms with van der Waals surface area (Å²) in [5.74, 6) is -0.659. The number of alkyl halides is 3. The standard InChI is InChI=1S/C32H33F3N6O2/c1-19(2)14-27(41-29(43)31(39-30(41)36,16-20-8-9-20)22-6-4-3-5-7-22)21-10-11-24(32(33,34)35)23(15-21)28(42)40-17-25-26(18-40)38-13-12-37-25/h3-7,10-13,15,19-20,27H,8-9,14,16-18H2,1-2H3,(H2,36,39). The molecule has 3 aliphatic rings. The Hall–Kier alpha value is -4.28. The molecule has 3 aromatic rings. The molecule has 3 heterocycles. The highest BCUT2D eigenvalue weighted by Crippen LogP contribution is 2.48. The second-order valence-electron chi connectivity index (χ2n) is 12.1. The summed E-state index contributed by atoms with van der Waals surface area (Å²) in [5, 5.41) is 0. The molecular formula is C32H33F3N6O2. The highest BCUT2D eigenvalue weighted by atomic mass is 19.4. The van der Waals surface area contributed by atoms with Crippen LogP contribution in [0.3, 0.4) is 0 Å². The van der Waals surface area contributed by atoms with E-state index in [1.165, 1.54) is 34.3 Å². The lowest BCUT2D eigenvalue weighted by molar-refractivity contribution is -0.138. The molecule has 0 spiro atoms. The Bertz CT molecular complexity index is 1560. The molecule has 0 saturated heterocycles. The SMILES string of the molecule is CC(C)CC(c1ccc(C(F)(F)F)c(C(=O)N2Cc3nccnc3C2)c1)N1C(=O)C(CC2CC2)(c2ccccc2)N=C1N. The third-order valence-corrected chi connectivity index (χ3v) is 8.46. The van der Waals surface area contributed by atoms with E-state index in [2.05, 4.69) is 9.97 Å². The molecule has 2 aliphatic heterocycles. The third-order valence-electron chi connectivity index (χ3n) is 8.46. The fourth-order valence-corrected chi connectivity index (χ4v) is 6.22. The fraction of sp³-hybridized carbons (Fsp3) is 0.406. The van der Waals surface area contributed by atoms with Crippen molar-refractivity contribution in [2.75, 3.05) is 0 Å². The molecule has 8 nitrogen and oxygen atoms in total. The lowest BCUT2D eigenvalue weighted by Gasteiger charge is -2.33. The summed E-state index contributed by atoms with van der Waals surface area (Å²) in [5.41, 5.74) is 6.03. The topological polar surface area (TPSA) is 105 Å². The summed E-state index contributed by atoms with van der Waals surface area (Å²) in [4.78, 5) is 44.1. The number of rotatable bonds is 8. The van der Waals surface area contributed by atoms with Gasteiger partial charge in [0.2, 0.25) is 0 Å². The lowest BCUT2D eigenvalue weighted by atomic mass is 9.83. The summed E-state index contributed by atoms with van der Waals surface area (Å²) < 4.78 is 42.7. The molecule has 1 aliphatic carbocycles. The van der Waals surface area contributed by atoms with Crippen molar-refractivity contribution in [1.29, 1.82) is 0 Å². The van der Waals surface area contributed by atoms with E-state index in [1.54, 1.807) is 0 Å². The van der Waals surface area contributed by atoms with Crippen molar-refractivity contribution in [2.24, 2.45) is 22.6 Å². The largest absolute Gasteiger partial charge is 0.417 e. The number of benzene rings is 2. The zero-order valence-electron chi connectivity index (χ0n) is 24.0. The second kappa shape index (κ2) is 10.8. The number of carbonyl (C=O) groups excluding carboxylic acids is 2. The number of nitrogens with two attached hydrogens (primary N) is 1. The van der Waals surface area contributed by atoms with E-state index in [4.69, 9.17) is 10.7 Å². The predicted molar refractivity (Wildman–Crippen MR) is 153 cm³/mol. The summed E-state index contributed by atoms with van der Waals surface area (Å²) in [7, 11) is 0. The van der Waals surface area contributed by atoms with Crippen LogP contribution in [0.15, 0.2) is 65.9 Å². The minimum absolute atomic E-state index is 0.0278. The average Bonchev–Trinajstić information content (AvgIpc) is 3.62. The van der Waals surface area contributed by atoms with Crippen LogP contribution in [-0.2, 0) is 29.6 Å². The number of aliphatic imine (C=N–C) groups is 1. The number of fused-ring (bicyclic) bond motifs is 1. The Morgan fingerprint density at radius 1 is 1.05 bits per heavy atom. The molecule has 0 radical (unpaired) electrons. The molecule has 1 fully saturated rings. The van der Waals surface area contributed by atoms with Gasteiger partial charge < -0.3 is 10.6 Å². The highest BCUT2D eigenvalue weighted by Gasteiger charge is 2.53. The van der Waals surface area contributed by atoms with E-state index in [0.29, 0.717) is 35.7 Å². The van der Waals surface area contributed by atoms with E-state index in [-0.39, 0.29) is 30.9 Å². The Balaban J connectivity index is 1.41. The van der Waals surface area contributed by atoms with Crippen molar-refractivity contribution in [3.63, 3.8) is 0 Å². The van der Waals surface area contributed by atoms with E-state index < -0.39 is 34.8 Å². The molecule has 224 valence electrons. The Kier molecular flexibility index (Phi) is 7.22. The van der Waals surface area contributed by atoms with E-state index in [9.17, 15) is 22.8 Å². The molecule has 2 amide bonds. The fourth-order valence-electron chi connectivity index (χ4n) is 6.22. The minimum atomic E-state index is -4.77. The first-order valence-electron chi connectivity index (χ1n) is 14.5. The van der Waals surface area contributed by atoms with Gasteiger partial charge in [0.15, 0.2) is 11.5 Å². The van der Waals surface area contributed by atoms with Crippen LogP contribution < -0.4 is 5.73 Å². The lowest BCUT2D eigenvalue weighted by Crippen LogP contribution is -2.45. The zero-order valence-corrected chi connectivity index (χ0v) is 24.0. The molecular weight excluding hydrogens is 557 g/mol. The van der Waals surface area contributed by atoms with Gasteiger partial charge in [-0.05, 0) is 47.9 Å². The molecule has 2 aromatic carbocycles.